The van der Waals surface area contributed by atoms with Gasteiger partial charge in [0.2, 0.25) is 17.7 Å². The molecule has 0 aromatic carbocycles. The Morgan fingerprint density at radius 1 is 1.18 bits per heavy atom. The first-order valence-corrected chi connectivity index (χ1v) is 7.48. The summed E-state index contributed by atoms with van der Waals surface area (Å²) in [5, 5.41) is 8.76. The van der Waals surface area contributed by atoms with E-state index in [0.29, 0.717) is 26.1 Å². The highest BCUT2D eigenvalue weighted by Crippen LogP contribution is 2.14. The van der Waals surface area contributed by atoms with Crippen molar-refractivity contribution in [3.63, 3.8) is 0 Å². The summed E-state index contributed by atoms with van der Waals surface area (Å²) in [7, 11) is 0. The first-order chi connectivity index (χ1) is 10.4. The number of hydrogen-bond donors (Lipinski definition) is 1. The van der Waals surface area contributed by atoms with Crippen LogP contribution in [0, 0.1) is 0 Å². The molecular weight excluding hydrogens is 290 g/mol. The highest BCUT2D eigenvalue weighted by atomic mass is 16.4. The quantitative estimate of drug-likeness (QED) is 0.712. The summed E-state index contributed by atoms with van der Waals surface area (Å²) in [5.74, 6) is -1.51. The molecule has 2 heterocycles. The standard InChI is InChI=1S/C14H21N3O5/c1-10-14(22)16(9-13(20)21)7-8-17(10)12(19)4-6-15-5-2-3-11(15)18/h10H,2-9H2,1H3,(H,20,21)/t10-/m1/s1. The minimum absolute atomic E-state index is 0.0724. The maximum Gasteiger partial charge on any atom is 0.323 e. The molecule has 3 amide bonds. The van der Waals surface area contributed by atoms with Crippen molar-refractivity contribution >= 4 is 23.7 Å². The van der Waals surface area contributed by atoms with Gasteiger partial charge in [-0.15, -0.1) is 0 Å². The molecule has 8 nitrogen and oxygen atoms in total. The molecule has 0 aromatic rings. The molecule has 1 N–H and O–H groups in total. The number of carbonyl (C=O) groups is 4. The van der Waals surface area contributed by atoms with E-state index in [1.165, 1.54) is 9.80 Å². The summed E-state index contributed by atoms with van der Waals surface area (Å²) in [5.41, 5.74) is 0. The van der Waals surface area contributed by atoms with Crippen LogP contribution in [0.25, 0.3) is 0 Å². The topological polar surface area (TPSA) is 98.2 Å². The molecule has 2 saturated heterocycles. The second kappa shape index (κ2) is 6.76. The van der Waals surface area contributed by atoms with Crippen molar-refractivity contribution in [2.24, 2.45) is 0 Å². The molecule has 0 bridgehead atoms. The Hall–Kier alpha value is -2.12. The van der Waals surface area contributed by atoms with E-state index in [4.69, 9.17) is 5.11 Å². The largest absolute Gasteiger partial charge is 0.480 e. The van der Waals surface area contributed by atoms with Gasteiger partial charge in [0.25, 0.3) is 0 Å². The van der Waals surface area contributed by atoms with Crippen molar-refractivity contribution < 1.29 is 24.3 Å². The van der Waals surface area contributed by atoms with Gasteiger partial charge in [0, 0.05) is 39.0 Å². The zero-order valence-electron chi connectivity index (χ0n) is 12.7. The van der Waals surface area contributed by atoms with Crippen LogP contribution in [0.1, 0.15) is 26.2 Å². The Balaban J connectivity index is 1.87. The maximum absolute atomic E-state index is 12.2. The minimum Gasteiger partial charge on any atom is -0.480 e. The van der Waals surface area contributed by atoms with Gasteiger partial charge in [-0.3, -0.25) is 19.2 Å². The number of nitrogens with zero attached hydrogens (tertiary/aromatic N) is 3. The fourth-order valence-corrected chi connectivity index (χ4v) is 2.91. The molecule has 22 heavy (non-hydrogen) atoms. The van der Waals surface area contributed by atoms with Crippen LogP contribution in [-0.4, -0.2) is 82.3 Å². The molecule has 2 fully saturated rings. The lowest BCUT2D eigenvalue weighted by Gasteiger charge is -2.38. The number of likely N-dealkylation sites (tertiary alicyclic amines) is 1. The fraction of sp³-hybridized carbons (Fsp3) is 0.714. The van der Waals surface area contributed by atoms with E-state index in [1.807, 2.05) is 0 Å². The highest BCUT2D eigenvalue weighted by Gasteiger charge is 2.35. The summed E-state index contributed by atoms with van der Waals surface area (Å²) < 4.78 is 0. The van der Waals surface area contributed by atoms with E-state index in [0.717, 1.165) is 6.42 Å². The number of carbonyl (C=O) groups excluding carboxylic acids is 3. The van der Waals surface area contributed by atoms with Crippen LogP contribution >= 0.6 is 0 Å². The van der Waals surface area contributed by atoms with Gasteiger partial charge in [0.15, 0.2) is 0 Å². The molecular formula is C14H21N3O5. The van der Waals surface area contributed by atoms with E-state index >= 15 is 0 Å². The first kappa shape index (κ1) is 16.3. The van der Waals surface area contributed by atoms with Gasteiger partial charge in [-0.2, -0.15) is 0 Å². The van der Waals surface area contributed by atoms with Gasteiger partial charge < -0.3 is 19.8 Å². The van der Waals surface area contributed by atoms with Gasteiger partial charge >= 0.3 is 5.97 Å². The number of carboxylic acid groups (broad SMARTS) is 1. The van der Waals surface area contributed by atoms with E-state index < -0.39 is 12.0 Å². The van der Waals surface area contributed by atoms with Gasteiger partial charge in [0.05, 0.1) is 0 Å². The van der Waals surface area contributed by atoms with Gasteiger partial charge in [0.1, 0.15) is 12.6 Å². The molecule has 2 rings (SSSR count). The number of rotatable bonds is 5. The summed E-state index contributed by atoms with van der Waals surface area (Å²) in [6.07, 6.45) is 1.56. The van der Waals surface area contributed by atoms with Crippen LogP contribution in [0.2, 0.25) is 0 Å². The Kier molecular flexibility index (Phi) is 4.99. The number of hydrogen-bond acceptors (Lipinski definition) is 4. The van der Waals surface area contributed by atoms with Crippen LogP contribution in [0.5, 0.6) is 0 Å². The van der Waals surface area contributed by atoms with Crippen LogP contribution in [0.15, 0.2) is 0 Å². The molecule has 0 radical (unpaired) electrons. The highest BCUT2D eigenvalue weighted by molar-refractivity contribution is 5.90. The summed E-state index contributed by atoms with van der Waals surface area (Å²) in [4.78, 5) is 50.9. The Morgan fingerprint density at radius 2 is 1.91 bits per heavy atom. The van der Waals surface area contributed by atoms with Crippen molar-refractivity contribution in [2.75, 3.05) is 32.7 Å². The van der Waals surface area contributed by atoms with Crippen molar-refractivity contribution in [3.05, 3.63) is 0 Å². The van der Waals surface area contributed by atoms with E-state index in [2.05, 4.69) is 0 Å². The molecule has 0 aliphatic carbocycles. The second-order valence-corrected chi connectivity index (χ2v) is 5.65. The second-order valence-electron chi connectivity index (χ2n) is 5.65. The van der Waals surface area contributed by atoms with Crippen molar-refractivity contribution in [2.45, 2.75) is 32.2 Å². The van der Waals surface area contributed by atoms with Crippen molar-refractivity contribution in [1.82, 2.24) is 14.7 Å². The smallest absolute Gasteiger partial charge is 0.323 e. The predicted octanol–water partition coefficient (Wildman–Crippen LogP) is -0.857. The normalized spacial score (nSPS) is 22.4. The van der Waals surface area contributed by atoms with Gasteiger partial charge in [-0.05, 0) is 13.3 Å². The van der Waals surface area contributed by atoms with E-state index in [1.54, 1.807) is 11.8 Å². The van der Waals surface area contributed by atoms with E-state index in [9.17, 15) is 19.2 Å². The average Bonchev–Trinajstić information content (AvgIpc) is 2.86. The monoisotopic (exact) mass is 311 g/mol. The summed E-state index contributed by atoms with van der Waals surface area (Å²) in [6.45, 7) is 2.89. The molecule has 2 aliphatic heterocycles. The third-order valence-corrected chi connectivity index (χ3v) is 4.16. The SMILES string of the molecule is C[C@@H]1C(=O)N(CC(=O)O)CCN1C(=O)CCN1CCCC1=O. The molecule has 0 unspecified atom stereocenters. The molecule has 122 valence electrons. The van der Waals surface area contributed by atoms with Crippen LogP contribution < -0.4 is 0 Å². The Labute approximate surface area is 128 Å². The third kappa shape index (κ3) is 3.55. The number of carboxylic acids is 1. The number of amides is 3. The minimum atomic E-state index is -1.06. The summed E-state index contributed by atoms with van der Waals surface area (Å²) in [6, 6.07) is -0.658. The predicted molar refractivity (Wildman–Crippen MR) is 75.8 cm³/mol. The zero-order valence-corrected chi connectivity index (χ0v) is 12.7. The lowest BCUT2D eigenvalue weighted by Crippen LogP contribution is -2.58. The van der Waals surface area contributed by atoms with Crippen molar-refractivity contribution in [1.29, 1.82) is 0 Å². The lowest BCUT2D eigenvalue weighted by molar-refractivity contribution is -0.154. The van der Waals surface area contributed by atoms with Crippen molar-refractivity contribution in [3.8, 4) is 0 Å². The molecule has 0 spiro atoms. The number of piperazine rings is 1. The van der Waals surface area contributed by atoms with E-state index in [-0.39, 0.29) is 37.2 Å². The van der Waals surface area contributed by atoms with Crippen LogP contribution in [-0.2, 0) is 19.2 Å². The van der Waals surface area contributed by atoms with Gasteiger partial charge in [-0.25, -0.2) is 0 Å². The zero-order chi connectivity index (χ0) is 16.3. The Bertz CT molecular complexity index is 493. The average molecular weight is 311 g/mol. The molecule has 0 aromatic heterocycles. The summed E-state index contributed by atoms with van der Waals surface area (Å²) >= 11 is 0. The molecule has 8 heteroatoms. The van der Waals surface area contributed by atoms with Gasteiger partial charge in [-0.1, -0.05) is 0 Å². The van der Waals surface area contributed by atoms with Crippen LogP contribution in [0.3, 0.4) is 0 Å². The van der Waals surface area contributed by atoms with Crippen LogP contribution in [0.4, 0.5) is 0 Å². The first-order valence-electron chi connectivity index (χ1n) is 7.48. The molecule has 1 atom stereocenters. The fourth-order valence-electron chi connectivity index (χ4n) is 2.91. The third-order valence-electron chi connectivity index (χ3n) is 4.16. The Morgan fingerprint density at radius 3 is 2.50 bits per heavy atom. The lowest BCUT2D eigenvalue weighted by atomic mass is 10.1. The number of aliphatic carboxylic acids is 1. The maximum atomic E-state index is 12.2. The molecule has 0 saturated carbocycles. The molecule has 2 aliphatic rings.